The summed E-state index contributed by atoms with van der Waals surface area (Å²) in [5.41, 5.74) is 31.3. The molecule has 2 aliphatic rings. The standard InChI is InChI=1S/C95H56N6/c1-3-4-16-68-54(2)22-23-59-36-46-83(97-90(59)68)65-14-7-15-66(50-65)84-47-37-61-30-31-62-39-49-86(100-93(62)92(61)98-84)72-43-44-77-80-51-64(33-40-71(80)74-20-10-21-75(72)89(74)77)79-53-87(57-27-25-56(26-28-57)82-45-35-60-29-24-55-11-5-6-17-69(55)91(60)96-82)101-95-78(79)42-32-63-38-48-85(99-94(63)95)67-34-41-70-73-18-8-12-58-13-9-19-76(88(58)73)81(70)52-67/h3-53H,1H2,2H3/b16-4-. The lowest BCUT2D eigenvalue weighted by Gasteiger charge is -2.15. The summed E-state index contributed by atoms with van der Waals surface area (Å²) >= 11 is 0. The Bertz CT molecular complexity index is 6920. The summed E-state index contributed by atoms with van der Waals surface area (Å²) in [5.74, 6) is 0. The molecular formula is C95H56N6. The molecule has 13 aromatic carbocycles. The molecule has 6 heteroatoms. The van der Waals surface area contributed by atoms with E-state index in [2.05, 4.69) is 311 Å². The first kappa shape index (κ1) is 56.7. The topological polar surface area (TPSA) is 77.3 Å². The quantitative estimate of drug-likeness (QED) is 0.106. The number of aryl methyl sites for hydroxylation is 1. The lowest BCUT2D eigenvalue weighted by atomic mass is 9.93. The largest absolute Gasteiger partial charge is 0.247 e. The third-order valence-electron chi connectivity index (χ3n) is 21.2. The highest BCUT2D eigenvalue weighted by atomic mass is 14.8. The van der Waals surface area contributed by atoms with Crippen LogP contribution < -0.4 is 0 Å². The third kappa shape index (κ3) is 8.92. The van der Waals surface area contributed by atoms with Crippen LogP contribution in [0.4, 0.5) is 0 Å². The number of hydrogen-bond acceptors (Lipinski definition) is 6. The SMILES string of the molecule is C=C/C=C\c1c(C)ccc2ccc(-c3cccc(-c4ccc5ccc6ccc(-c7ccc8c9c(cccc79)-c7ccc(-c9cc(-c%10ccc(-c%11ccc%12ccc%13ccccc%13c%12n%11)cc%10)nc%10c9ccc9ccc(-c%11ccc%12c(c%11)-c%11cccc%13cccc-%12c%11%13)nc9%10)cc7-8)nc6c5n4)c3)nc12. The molecule has 0 radical (unpaired) electrons. The smallest absolute Gasteiger partial charge is 0.0978 e. The molecule has 0 saturated carbocycles. The predicted octanol–water partition coefficient (Wildman–Crippen LogP) is 24.9. The van der Waals surface area contributed by atoms with Crippen LogP contribution in [-0.2, 0) is 0 Å². The van der Waals surface area contributed by atoms with E-state index in [9.17, 15) is 0 Å². The van der Waals surface area contributed by atoms with Crippen molar-refractivity contribution in [3.05, 3.63) is 321 Å². The fraction of sp³-hybridized carbons (Fsp3) is 0.0105. The monoisotopic (exact) mass is 1280 g/mol. The minimum Gasteiger partial charge on any atom is -0.247 e. The van der Waals surface area contributed by atoms with Crippen LogP contribution in [0.5, 0.6) is 0 Å². The molecule has 0 atom stereocenters. The zero-order valence-electron chi connectivity index (χ0n) is 54.8. The summed E-state index contributed by atoms with van der Waals surface area (Å²) in [5, 5.41) is 13.6. The molecule has 6 nitrogen and oxygen atoms in total. The Labute approximate surface area is 581 Å². The average molecular weight is 1280 g/mol. The lowest BCUT2D eigenvalue weighted by molar-refractivity contribution is 1.35. The number of pyridine rings is 6. The van der Waals surface area contributed by atoms with Crippen molar-refractivity contribution in [2.45, 2.75) is 6.92 Å². The zero-order chi connectivity index (χ0) is 66.6. The average Bonchev–Trinajstić information content (AvgIpc) is 1.61. The molecular weight excluding hydrogens is 1230 g/mol. The van der Waals surface area contributed by atoms with Crippen molar-refractivity contribution in [3.8, 4) is 123 Å². The fourth-order valence-corrected chi connectivity index (χ4v) is 16.2. The second kappa shape index (κ2) is 22.1. The molecule has 2 aliphatic carbocycles. The van der Waals surface area contributed by atoms with Gasteiger partial charge >= 0.3 is 0 Å². The summed E-state index contributed by atoms with van der Waals surface area (Å²) in [4.78, 5) is 32.7. The van der Waals surface area contributed by atoms with E-state index in [4.69, 9.17) is 29.9 Å². The Morgan fingerprint density at radius 2 is 0.673 bits per heavy atom. The van der Waals surface area contributed by atoms with Crippen molar-refractivity contribution in [1.29, 1.82) is 0 Å². The van der Waals surface area contributed by atoms with Gasteiger partial charge in [0.05, 0.1) is 67.3 Å². The van der Waals surface area contributed by atoms with Crippen LogP contribution in [-0.4, -0.2) is 29.9 Å². The number of allylic oxidation sites excluding steroid dienone is 2. The molecule has 19 aromatic rings. The predicted molar refractivity (Wildman–Crippen MR) is 422 cm³/mol. The van der Waals surface area contributed by atoms with Crippen molar-refractivity contribution in [3.63, 3.8) is 0 Å². The fourth-order valence-electron chi connectivity index (χ4n) is 16.2. The first-order valence-electron chi connectivity index (χ1n) is 34.4. The lowest BCUT2D eigenvalue weighted by Crippen LogP contribution is -1.94. The molecule has 6 heterocycles. The van der Waals surface area contributed by atoms with Gasteiger partial charge in [-0.15, -0.1) is 0 Å². The highest BCUT2D eigenvalue weighted by Crippen LogP contribution is 2.52. The van der Waals surface area contributed by atoms with Crippen LogP contribution in [0.3, 0.4) is 0 Å². The normalized spacial score (nSPS) is 12.2. The van der Waals surface area contributed by atoms with Crippen molar-refractivity contribution < 1.29 is 0 Å². The Balaban J connectivity index is 0.667. The number of rotatable bonds is 9. The summed E-state index contributed by atoms with van der Waals surface area (Å²) < 4.78 is 0. The van der Waals surface area contributed by atoms with E-state index in [1.54, 1.807) is 6.08 Å². The van der Waals surface area contributed by atoms with Crippen LogP contribution in [0.1, 0.15) is 11.1 Å². The molecule has 0 N–H and O–H groups in total. The summed E-state index contributed by atoms with van der Waals surface area (Å²) in [6, 6.07) is 105. The Morgan fingerprint density at radius 3 is 1.38 bits per heavy atom. The van der Waals surface area contributed by atoms with E-state index < -0.39 is 0 Å². The van der Waals surface area contributed by atoms with Crippen molar-refractivity contribution in [1.82, 2.24) is 29.9 Å². The molecule has 0 fully saturated rings. The van der Waals surface area contributed by atoms with Crippen molar-refractivity contribution in [2.75, 3.05) is 0 Å². The van der Waals surface area contributed by atoms with Crippen LogP contribution in [0.15, 0.2) is 310 Å². The van der Waals surface area contributed by atoms with E-state index in [1.807, 2.05) is 6.08 Å². The first-order chi connectivity index (χ1) is 49.9. The second-order valence-corrected chi connectivity index (χ2v) is 26.9. The number of hydrogen-bond donors (Lipinski definition) is 0. The van der Waals surface area contributed by atoms with Crippen LogP contribution in [0.2, 0.25) is 0 Å². The van der Waals surface area contributed by atoms with Crippen LogP contribution in [0, 0.1) is 6.92 Å². The van der Waals surface area contributed by atoms with Gasteiger partial charge in [-0.1, -0.05) is 261 Å². The number of benzene rings is 13. The summed E-state index contributed by atoms with van der Waals surface area (Å²) in [7, 11) is 0. The number of nitrogens with zero attached hydrogens (tertiary/aromatic N) is 6. The van der Waals surface area contributed by atoms with E-state index in [-0.39, 0.29) is 0 Å². The van der Waals surface area contributed by atoms with Gasteiger partial charge < -0.3 is 0 Å². The number of fused-ring (bicyclic) bond motifs is 16. The molecule has 0 bridgehead atoms. The molecule has 0 spiro atoms. The molecule has 21 rings (SSSR count). The maximum Gasteiger partial charge on any atom is 0.0978 e. The minimum atomic E-state index is 0.853. The van der Waals surface area contributed by atoms with Gasteiger partial charge in [-0.3, -0.25) is 0 Å². The molecule has 0 aliphatic heterocycles. The Hall–Kier alpha value is -13.4. The van der Waals surface area contributed by atoms with Crippen molar-refractivity contribution in [2.24, 2.45) is 0 Å². The maximum absolute atomic E-state index is 5.65. The van der Waals surface area contributed by atoms with Gasteiger partial charge in [0.2, 0.25) is 0 Å². The maximum atomic E-state index is 5.65. The van der Waals surface area contributed by atoms with E-state index in [1.165, 1.54) is 71.6 Å². The molecule has 0 unspecified atom stereocenters. The molecule has 466 valence electrons. The molecule has 0 amide bonds. The van der Waals surface area contributed by atoms with Gasteiger partial charge in [-0.25, -0.2) is 29.9 Å². The number of aromatic nitrogens is 6. The van der Waals surface area contributed by atoms with E-state index in [0.717, 1.165) is 160 Å². The molecule has 0 saturated heterocycles. The summed E-state index contributed by atoms with van der Waals surface area (Å²) in [6.07, 6.45) is 5.87. The van der Waals surface area contributed by atoms with E-state index >= 15 is 0 Å². The first-order valence-corrected chi connectivity index (χ1v) is 34.4. The van der Waals surface area contributed by atoms with Crippen LogP contribution >= 0.6 is 0 Å². The summed E-state index contributed by atoms with van der Waals surface area (Å²) in [6.45, 7) is 6.03. The Kier molecular flexibility index (Phi) is 12.4. The third-order valence-corrected chi connectivity index (χ3v) is 21.2. The highest BCUT2D eigenvalue weighted by molar-refractivity contribution is 6.21. The van der Waals surface area contributed by atoms with Gasteiger partial charge in [0.1, 0.15) is 0 Å². The molecule has 101 heavy (non-hydrogen) atoms. The Morgan fingerprint density at radius 1 is 0.238 bits per heavy atom. The highest BCUT2D eigenvalue weighted by Gasteiger charge is 2.27. The van der Waals surface area contributed by atoms with Crippen molar-refractivity contribution >= 4 is 104 Å². The molecule has 6 aromatic heterocycles. The van der Waals surface area contributed by atoms with E-state index in [0.29, 0.717) is 0 Å². The second-order valence-electron chi connectivity index (χ2n) is 26.9. The van der Waals surface area contributed by atoms with Gasteiger partial charge in [-0.05, 0) is 150 Å². The van der Waals surface area contributed by atoms with Gasteiger partial charge in [0.15, 0.2) is 0 Å². The minimum absolute atomic E-state index is 0.853. The van der Waals surface area contributed by atoms with Gasteiger partial charge in [-0.2, -0.15) is 0 Å². The zero-order valence-corrected chi connectivity index (χ0v) is 54.8. The van der Waals surface area contributed by atoms with Gasteiger partial charge in [0.25, 0.3) is 0 Å². The van der Waals surface area contributed by atoms with Gasteiger partial charge in [0, 0.05) is 76.6 Å². The van der Waals surface area contributed by atoms with Crippen LogP contribution in [0.25, 0.3) is 227 Å².